The van der Waals surface area contributed by atoms with E-state index < -0.39 is 6.04 Å². The van der Waals surface area contributed by atoms with Crippen LogP contribution in [0.1, 0.15) is 40.7 Å². The summed E-state index contributed by atoms with van der Waals surface area (Å²) in [6.07, 6.45) is 1.75. The number of nitrogens with one attached hydrogen (secondary N) is 2. The number of carbonyl (C=O) groups is 3. The first kappa shape index (κ1) is 19.0. The van der Waals surface area contributed by atoms with E-state index in [0.717, 1.165) is 24.1 Å². The zero-order chi connectivity index (χ0) is 19.7. The Hall–Kier alpha value is -2.29. The molecule has 8 nitrogen and oxygen atoms in total. The molecule has 4 N–H and O–H groups in total. The van der Waals surface area contributed by atoms with Crippen molar-refractivity contribution in [2.24, 2.45) is 11.7 Å². The SMILES string of the molecule is NCC1CC(CNCc2cccc3c2C(=O)N(C2CCC(=O)NC2=O)C3)CO1. The Bertz CT molecular complexity index is 796. The highest BCUT2D eigenvalue weighted by Gasteiger charge is 2.39. The van der Waals surface area contributed by atoms with Crippen LogP contribution in [0, 0.1) is 5.92 Å². The Morgan fingerprint density at radius 3 is 2.89 bits per heavy atom. The molecular weight excluding hydrogens is 360 g/mol. The van der Waals surface area contributed by atoms with Crippen LogP contribution >= 0.6 is 0 Å². The van der Waals surface area contributed by atoms with Gasteiger partial charge in [0.25, 0.3) is 5.91 Å². The third kappa shape index (κ3) is 3.67. The number of hydrogen-bond donors (Lipinski definition) is 3. The highest BCUT2D eigenvalue weighted by molar-refractivity contribution is 6.05. The molecule has 3 aliphatic rings. The van der Waals surface area contributed by atoms with E-state index in [2.05, 4.69) is 10.6 Å². The second-order valence-electron chi connectivity index (χ2n) is 7.77. The maximum atomic E-state index is 13.0. The normalized spacial score (nSPS) is 27.2. The lowest BCUT2D eigenvalue weighted by molar-refractivity contribution is -0.136. The maximum absolute atomic E-state index is 13.0. The molecule has 3 amide bonds. The zero-order valence-electron chi connectivity index (χ0n) is 15.8. The molecule has 0 saturated carbocycles. The van der Waals surface area contributed by atoms with Gasteiger partial charge in [0.05, 0.1) is 12.7 Å². The first-order valence-electron chi connectivity index (χ1n) is 9.84. The summed E-state index contributed by atoms with van der Waals surface area (Å²) in [5.41, 5.74) is 8.20. The first-order chi connectivity index (χ1) is 13.6. The van der Waals surface area contributed by atoms with Crippen LogP contribution in [0.5, 0.6) is 0 Å². The van der Waals surface area contributed by atoms with E-state index in [1.807, 2.05) is 18.2 Å². The number of hydrogen-bond acceptors (Lipinski definition) is 6. The number of nitrogens with zero attached hydrogens (tertiary/aromatic N) is 1. The quantitative estimate of drug-likeness (QED) is 0.589. The van der Waals surface area contributed by atoms with E-state index in [1.54, 1.807) is 4.90 Å². The van der Waals surface area contributed by atoms with Crippen molar-refractivity contribution >= 4 is 17.7 Å². The van der Waals surface area contributed by atoms with Crippen molar-refractivity contribution in [1.29, 1.82) is 0 Å². The summed E-state index contributed by atoms with van der Waals surface area (Å²) in [6.45, 7) is 3.06. The van der Waals surface area contributed by atoms with Crippen molar-refractivity contribution in [1.82, 2.24) is 15.5 Å². The number of benzene rings is 1. The summed E-state index contributed by atoms with van der Waals surface area (Å²) in [6, 6.07) is 5.24. The molecule has 0 aromatic heterocycles. The van der Waals surface area contributed by atoms with Gasteiger partial charge in [-0.05, 0) is 29.9 Å². The molecule has 3 heterocycles. The van der Waals surface area contributed by atoms with Crippen LogP contribution in [0.25, 0.3) is 0 Å². The van der Waals surface area contributed by atoms with Crippen LogP contribution < -0.4 is 16.4 Å². The van der Waals surface area contributed by atoms with Crippen LogP contribution in [0.3, 0.4) is 0 Å². The second kappa shape index (κ2) is 7.98. The molecule has 28 heavy (non-hydrogen) atoms. The highest BCUT2D eigenvalue weighted by atomic mass is 16.5. The smallest absolute Gasteiger partial charge is 0.255 e. The van der Waals surface area contributed by atoms with Crippen molar-refractivity contribution in [2.45, 2.75) is 44.5 Å². The van der Waals surface area contributed by atoms with Crippen LogP contribution in [0.15, 0.2) is 18.2 Å². The van der Waals surface area contributed by atoms with E-state index in [4.69, 9.17) is 10.5 Å². The highest BCUT2D eigenvalue weighted by Crippen LogP contribution is 2.30. The Morgan fingerprint density at radius 1 is 1.29 bits per heavy atom. The summed E-state index contributed by atoms with van der Waals surface area (Å²) in [7, 11) is 0. The zero-order valence-corrected chi connectivity index (χ0v) is 15.8. The lowest BCUT2D eigenvalue weighted by Gasteiger charge is -2.29. The summed E-state index contributed by atoms with van der Waals surface area (Å²) in [4.78, 5) is 38.2. The molecule has 0 aliphatic carbocycles. The van der Waals surface area contributed by atoms with Crippen LogP contribution in [0.4, 0.5) is 0 Å². The molecule has 3 aliphatic heterocycles. The molecule has 1 aromatic rings. The predicted molar refractivity (Wildman–Crippen MR) is 101 cm³/mol. The Balaban J connectivity index is 1.40. The van der Waals surface area contributed by atoms with Gasteiger partial charge in [-0.15, -0.1) is 0 Å². The van der Waals surface area contributed by atoms with Gasteiger partial charge in [0.1, 0.15) is 6.04 Å². The molecule has 0 spiro atoms. The van der Waals surface area contributed by atoms with Crippen molar-refractivity contribution in [3.05, 3.63) is 34.9 Å². The number of carbonyl (C=O) groups excluding carboxylic acids is 3. The third-order valence-electron chi connectivity index (χ3n) is 5.81. The number of rotatable bonds is 6. The molecule has 3 atom stereocenters. The minimum atomic E-state index is -0.581. The molecule has 2 saturated heterocycles. The topological polar surface area (TPSA) is 114 Å². The number of imide groups is 1. The molecule has 4 rings (SSSR count). The lowest BCUT2D eigenvalue weighted by Crippen LogP contribution is -2.52. The van der Waals surface area contributed by atoms with E-state index >= 15 is 0 Å². The Kier molecular flexibility index (Phi) is 5.43. The summed E-state index contributed by atoms with van der Waals surface area (Å²) >= 11 is 0. The minimum Gasteiger partial charge on any atom is -0.377 e. The monoisotopic (exact) mass is 386 g/mol. The predicted octanol–water partition coefficient (Wildman–Crippen LogP) is -0.0990. The fourth-order valence-electron chi connectivity index (χ4n) is 4.33. The molecule has 8 heteroatoms. The van der Waals surface area contributed by atoms with Crippen LogP contribution in [0.2, 0.25) is 0 Å². The molecular formula is C20H26N4O4. The van der Waals surface area contributed by atoms with Gasteiger partial charge >= 0.3 is 0 Å². The number of piperidine rings is 1. The average molecular weight is 386 g/mol. The molecule has 1 aromatic carbocycles. The first-order valence-corrected chi connectivity index (χ1v) is 9.84. The molecule has 2 fully saturated rings. The maximum Gasteiger partial charge on any atom is 0.255 e. The van der Waals surface area contributed by atoms with Crippen molar-refractivity contribution in [2.75, 3.05) is 19.7 Å². The van der Waals surface area contributed by atoms with E-state index in [-0.39, 0.29) is 30.2 Å². The van der Waals surface area contributed by atoms with Crippen molar-refractivity contribution in [3.63, 3.8) is 0 Å². The molecule has 3 unspecified atom stereocenters. The van der Waals surface area contributed by atoms with Crippen molar-refractivity contribution < 1.29 is 19.1 Å². The third-order valence-corrected chi connectivity index (χ3v) is 5.81. The lowest BCUT2D eigenvalue weighted by atomic mass is 10.0. The Morgan fingerprint density at radius 2 is 2.14 bits per heavy atom. The second-order valence-corrected chi connectivity index (χ2v) is 7.77. The molecule has 150 valence electrons. The summed E-state index contributed by atoms with van der Waals surface area (Å²) in [5, 5.41) is 5.77. The van der Waals surface area contributed by atoms with E-state index in [0.29, 0.717) is 44.1 Å². The number of amides is 3. The van der Waals surface area contributed by atoms with Gasteiger partial charge < -0.3 is 20.7 Å². The largest absolute Gasteiger partial charge is 0.377 e. The van der Waals surface area contributed by atoms with Gasteiger partial charge in [0.15, 0.2) is 0 Å². The van der Waals surface area contributed by atoms with Gasteiger partial charge in [0, 0.05) is 38.2 Å². The van der Waals surface area contributed by atoms with Gasteiger partial charge in [-0.1, -0.05) is 18.2 Å². The van der Waals surface area contributed by atoms with Gasteiger partial charge in [0.2, 0.25) is 11.8 Å². The van der Waals surface area contributed by atoms with E-state index in [1.165, 1.54) is 0 Å². The summed E-state index contributed by atoms with van der Waals surface area (Å²) in [5.74, 6) is -0.355. The molecule has 0 bridgehead atoms. The minimum absolute atomic E-state index is 0.130. The summed E-state index contributed by atoms with van der Waals surface area (Å²) < 4.78 is 5.62. The standard InChI is InChI=1S/C20H26N4O4/c21-7-15-6-12(11-28-15)8-22-9-13-2-1-3-14-10-24(20(27)18(13)14)16-4-5-17(25)23-19(16)26/h1-3,12,15-16,22H,4-11,21H2,(H,23,25,26). The number of fused-ring (bicyclic) bond motifs is 1. The van der Waals surface area contributed by atoms with Crippen LogP contribution in [-0.2, 0) is 27.4 Å². The number of nitrogens with two attached hydrogens (primary N) is 1. The number of ether oxygens (including phenoxy) is 1. The van der Waals surface area contributed by atoms with E-state index in [9.17, 15) is 14.4 Å². The van der Waals surface area contributed by atoms with Crippen LogP contribution in [-0.4, -0.2) is 54.5 Å². The average Bonchev–Trinajstić information content (AvgIpc) is 3.27. The van der Waals surface area contributed by atoms with Gasteiger partial charge in [-0.3, -0.25) is 19.7 Å². The fourth-order valence-corrected chi connectivity index (χ4v) is 4.33. The molecule has 0 radical (unpaired) electrons. The van der Waals surface area contributed by atoms with Crippen molar-refractivity contribution in [3.8, 4) is 0 Å². The fraction of sp³-hybridized carbons (Fsp3) is 0.550. The van der Waals surface area contributed by atoms with Gasteiger partial charge in [-0.2, -0.15) is 0 Å². The Labute approximate surface area is 163 Å². The van der Waals surface area contributed by atoms with Gasteiger partial charge in [-0.25, -0.2) is 0 Å².